The van der Waals surface area contributed by atoms with Gasteiger partial charge in [0.25, 0.3) is 37.5 Å². The Balaban J connectivity index is 0.000000204. The summed E-state index contributed by atoms with van der Waals surface area (Å²) in [6.45, 7) is 8.65. The van der Waals surface area contributed by atoms with E-state index in [9.17, 15) is 36.5 Å². The second-order valence-electron chi connectivity index (χ2n) is 16.6. The van der Waals surface area contributed by atoms with Crippen LogP contribution in [0.5, 0.6) is 0 Å². The van der Waals surface area contributed by atoms with Crippen LogP contribution in [0.2, 0.25) is 15.1 Å². The number of sulfonamides is 2. The van der Waals surface area contributed by atoms with Crippen LogP contribution in [0, 0.1) is 10.1 Å². The van der Waals surface area contributed by atoms with Crippen LogP contribution in [0.4, 0.5) is 11.4 Å². The largest absolute Gasteiger partial charge is 0.363 e. The van der Waals surface area contributed by atoms with Crippen LogP contribution in [0.25, 0.3) is 0 Å². The lowest BCUT2D eigenvalue weighted by molar-refractivity contribution is -0.384. The highest BCUT2D eigenvalue weighted by Crippen LogP contribution is 2.33. The van der Waals surface area contributed by atoms with E-state index in [1.54, 1.807) is 88.1 Å². The van der Waals surface area contributed by atoms with Gasteiger partial charge in [-0.15, -0.1) is 22.7 Å². The first-order valence-corrected chi connectivity index (χ1v) is 28.1. The van der Waals surface area contributed by atoms with E-state index in [0.717, 1.165) is 48.8 Å². The van der Waals surface area contributed by atoms with Crippen molar-refractivity contribution in [3.8, 4) is 0 Å². The molecular weight excluding hydrogens is 1030 g/mol. The molecule has 2 amide bonds. The van der Waals surface area contributed by atoms with Crippen LogP contribution in [-0.2, 0) is 33.1 Å². The summed E-state index contributed by atoms with van der Waals surface area (Å²) >= 11 is 19.9. The molecule has 69 heavy (non-hydrogen) atoms. The van der Waals surface area contributed by atoms with Crippen molar-refractivity contribution in [2.24, 2.45) is 0 Å². The van der Waals surface area contributed by atoms with Gasteiger partial charge in [0, 0.05) is 94.4 Å². The molecule has 5 aromatic rings. The lowest BCUT2D eigenvalue weighted by Crippen LogP contribution is -2.48. The van der Waals surface area contributed by atoms with Gasteiger partial charge < -0.3 is 25.3 Å². The van der Waals surface area contributed by atoms with E-state index in [0.29, 0.717) is 62.1 Å². The molecule has 0 radical (unpaired) electrons. The number of nitro groups is 1. The van der Waals surface area contributed by atoms with Crippen LogP contribution in [0.15, 0.2) is 99.4 Å². The Hall–Kier alpha value is -4.19. The number of hydrogen-bond acceptors (Lipinski definition) is 13. The summed E-state index contributed by atoms with van der Waals surface area (Å²) in [6.07, 6.45) is 5.13. The van der Waals surface area contributed by atoms with Crippen LogP contribution < -0.4 is 15.5 Å². The SMILES string of the molecule is O=C(NCc1ccc(S(=O)(=O)N2CCN(CCCN3CCCCC3)CC2)s1)c1ccc(Cl)cc1.O=C(NCc1ccc(S(=O)(=O)N2CCN(c3ccc(Cl)cc3[N+](=O)[O-])CC2)s1)c1ccc(Cl)cc1. The molecule has 3 aromatic carbocycles. The number of amides is 2. The minimum absolute atomic E-state index is 0.114. The second kappa shape index (κ2) is 24.3. The lowest BCUT2D eigenvalue weighted by atomic mass is 10.1. The molecule has 16 nitrogen and oxygen atoms in total. The van der Waals surface area contributed by atoms with E-state index in [2.05, 4.69) is 20.4 Å². The number of thiophene rings is 2. The highest BCUT2D eigenvalue weighted by atomic mass is 35.5. The summed E-state index contributed by atoms with van der Waals surface area (Å²) < 4.78 is 56.0. The molecule has 23 heteroatoms. The molecule has 3 fully saturated rings. The first-order valence-electron chi connectivity index (χ1n) is 22.5. The van der Waals surface area contributed by atoms with Gasteiger partial charge >= 0.3 is 0 Å². The number of likely N-dealkylation sites (tertiary alicyclic amines) is 1. The van der Waals surface area contributed by atoms with E-state index in [1.165, 1.54) is 60.1 Å². The zero-order chi connectivity index (χ0) is 49.1. The topological polar surface area (TPSA) is 186 Å². The normalized spacial score (nSPS) is 16.7. The number of nitro benzene ring substituents is 1. The standard InChI is InChI=1S/C24H33ClN4O3S2.C22H20Cl2N4O5S2/c25-21-7-5-20(6-8-21)24(30)26-19-22-9-10-23(33-22)34(31,32)29-17-15-28(16-18-29)14-4-13-27-11-2-1-3-12-27;23-16-3-1-15(2-4-16)22(29)25-14-18-6-8-21(34-18)35(32,33)27-11-9-26(10-12-27)19-7-5-17(24)13-20(19)28(30)31/h5-10H,1-4,11-19H2,(H,26,30);1-8,13H,9-12,14H2,(H,25,29). The summed E-state index contributed by atoms with van der Waals surface area (Å²) in [5, 5.41) is 18.4. The number of piperazine rings is 2. The smallest absolute Gasteiger partial charge is 0.294 e. The third-order valence-corrected chi connectivity index (χ3v) is 19.6. The molecule has 0 unspecified atom stereocenters. The molecule has 0 saturated carbocycles. The zero-order valence-electron chi connectivity index (χ0n) is 37.6. The highest BCUT2D eigenvalue weighted by Gasteiger charge is 2.33. The molecule has 370 valence electrons. The van der Waals surface area contributed by atoms with Crippen molar-refractivity contribution < 1.29 is 31.3 Å². The van der Waals surface area contributed by atoms with E-state index in [-0.39, 0.29) is 52.9 Å². The molecule has 0 spiro atoms. The molecule has 5 heterocycles. The molecule has 0 bridgehead atoms. The van der Waals surface area contributed by atoms with Gasteiger partial charge in [0.1, 0.15) is 14.1 Å². The first-order chi connectivity index (χ1) is 33.1. The molecule has 3 saturated heterocycles. The van der Waals surface area contributed by atoms with E-state index >= 15 is 0 Å². The quantitative estimate of drug-likeness (QED) is 0.0723. The molecule has 2 N–H and O–H groups in total. The van der Waals surface area contributed by atoms with Crippen LogP contribution >= 0.6 is 57.5 Å². The fourth-order valence-electron chi connectivity index (χ4n) is 8.15. The summed E-state index contributed by atoms with van der Waals surface area (Å²) in [4.78, 5) is 43.7. The second-order valence-corrected chi connectivity index (χ2v) is 24.6. The van der Waals surface area contributed by atoms with Crippen molar-refractivity contribution in [1.29, 1.82) is 0 Å². The molecule has 8 rings (SSSR count). The third-order valence-electron chi connectivity index (χ3n) is 12.0. The maximum atomic E-state index is 13.1. The number of hydrogen-bond donors (Lipinski definition) is 2. The number of halogens is 3. The maximum Gasteiger partial charge on any atom is 0.294 e. The van der Waals surface area contributed by atoms with Gasteiger partial charge in [-0.2, -0.15) is 8.61 Å². The van der Waals surface area contributed by atoms with Crippen molar-refractivity contribution in [2.75, 3.05) is 83.4 Å². The number of nitrogens with one attached hydrogen (secondary N) is 2. The number of carbonyl (C=O) groups is 2. The predicted octanol–water partition coefficient (Wildman–Crippen LogP) is 7.92. The highest BCUT2D eigenvalue weighted by molar-refractivity contribution is 7.91. The van der Waals surface area contributed by atoms with Gasteiger partial charge in [0.2, 0.25) is 0 Å². The molecule has 0 aliphatic carbocycles. The Bertz CT molecular complexity index is 2780. The number of rotatable bonds is 16. The van der Waals surface area contributed by atoms with Gasteiger partial charge in [-0.1, -0.05) is 41.2 Å². The molecule has 3 aliphatic heterocycles. The molecule has 2 aromatic heterocycles. The zero-order valence-corrected chi connectivity index (χ0v) is 43.1. The summed E-state index contributed by atoms with van der Waals surface area (Å²) in [5.74, 6) is -0.502. The van der Waals surface area contributed by atoms with Crippen molar-refractivity contribution in [2.45, 2.75) is 47.2 Å². The van der Waals surface area contributed by atoms with Crippen molar-refractivity contribution in [1.82, 2.24) is 29.0 Å². The molecule has 3 aliphatic rings. The third kappa shape index (κ3) is 14.2. The first kappa shape index (κ1) is 52.6. The monoisotopic (exact) mass is 1080 g/mol. The van der Waals surface area contributed by atoms with E-state index < -0.39 is 25.0 Å². The Morgan fingerprint density at radius 2 is 1.00 bits per heavy atom. The number of carbonyl (C=O) groups excluding carboxylic acids is 2. The van der Waals surface area contributed by atoms with Gasteiger partial charge in [-0.25, -0.2) is 16.8 Å². The van der Waals surface area contributed by atoms with Crippen molar-refractivity contribution in [3.63, 3.8) is 0 Å². The van der Waals surface area contributed by atoms with Crippen molar-refractivity contribution in [3.05, 3.63) is 137 Å². The minimum atomic E-state index is -3.73. The van der Waals surface area contributed by atoms with Crippen molar-refractivity contribution >= 4 is 101 Å². The number of benzene rings is 3. The van der Waals surface area contributed by atoms with Crippen LogP contribution in [0.1, 0.15) is 56.2 Å². The number of anilines is 1. The van der Waals surface area contributed by atoms with Gasteiger partial charge in [0.05, 0.1) is 18.0 Å². The fourth-order valence-corrected chi connectivity index (χ4v) is 14.3. The fraction of sp³-hybridized carbons (Fsp3) is 0.391. The molecular formula is C46H53Cl3N8O8S4. The van der Waals surface area contributed by atoms with Gasteiger partial charge in [-0.3, -0.25) is 19.7 Å². The Kier molecular flexibility index (Phi) is 18.5. The number of piperidine rings is 1. The Labute approximate surface area is 426 Å². The Morgan fingerprint density at radius 1 is 0.565 bits per heavy atom. The Morgan fingerprint density at radius 3 is 1.46 bits per heavy atom. The van der Waals surface area contributed by atoms with Gasteiger partial charge in [-0.05, 0) is 130 Å². The summed E-state index contributed by atoms with van der Waals surface area (Å²) in [5.41, 5.74) is 1.27. The summed E-state index contributed by atoms with van der Waals surface area (Å²) in [6, 6.07) is 24.2. The summed E-state index contributed by atoms with van der Waals surface area (Å²) in [7, 11) is -7.24. The average Bonchev–Trinajstić information content (AvgIpc) is 4.06. The molecule has 0 atom stereocenters. The van der Waals surface area contributed by atoms with Crippen LogP contribution in [-0.4, -0.2) is 131 Å². The number of nitrogens with zero attached hydrogens (tertiary/aromatic N) is 6. The average molecular weight is 1080 g/mol. The van der Waals surface area contributed by atoms with Crippen LogP contribution in [0.3, 0.4) is 0 Å². The maximum absolute atomic E-state index is 13.1. The van der Waals surface area contributed by atoms with Gasteiger partial charge in [0.15, 0.2) is 0 Å². The van der Waals surface area contributed by atoms with E-state index in [4.69, 9.17) is 34.8 Å². The predicted molar refractivity (Wildman–Crippen MR) is 273 cm³/mol. The van der Waals surface area contributed by atoms with E-state index in [1.807, 2.05) is 0 Å². The lowest BCUT2D eigenvalue weighted by Gasteiger charge is -2.34. The minimum Gasteiger partial charge on any atom is -0.363 e.